The number of nitrogens with one attached hydrogen (secondary N) is 2. The van der Waals surface area contributed by atoms with Gasteiger partial charge < -0.3 is 14.2 Å². The summed E-state index contributed by atoms with van der Waals surface area (Å²) in [5.41, 5.74) is 6.28. The Morgan fingerprint density at radius 2 is 2.12 bits per heavy atom. The number of hydrazine groups is 1. The van der Waals surface area contributed by atoms with Gasteiger partial charge in [0.25, 0.3) is 0 Å². The lowest BCUT2D eigenvalue weighted by Gasteiger charge is -2.24. The monoisotopic (exact) mass is 342 g/mol. The molecule has 2 aromatic heterocycles. The summed E-state index contributed by atoms with van der Waals surface area (Å²) in [4.78, 5) is 17.0. The molecule has 2 aromatic rings. The van der Waals surface area contributed by atoms with Crippen LogP contribution in [-0.4, -0.2) is 53.2 Å². The molecular formula is C17H22N6O2. The summed E-state index contributed by atoms with van der Waals surface area (Å²) in [6.45, 7) is 3.11. The molecular weight excluding hydrogens is 320 g/mol. The van der Waals surface area contributed by atoms with Crippen LogP contribution in [0.15, 0.2) is 41.1 Å². The lowest BCUT2D eigenvalue weighted by atomic mass is 10.1. The molecule has 2 atom stereocenters. The molecule has 2 N–H and O–H groups in total. The van der Waals surface area contributed by atoms with Gasteiger partial charge >= 0.3 is 0 Å². The van der Waals surface area contributed by atoms with E-state index in [0.29, 0.717) is 13.0 Å². The number of nitrogens with zero attached hydrogens (tertiary/aromatic N) is 4. The lowest BCUT2D eigenvalue weighted by Crippen LogP contribution is -2.46. The first-order valence-electron chi connectivity index (χ1n) is 8.67. The maximum Gasteiger partial charge on any atom is 0.241 e. The molecule has 8 heteroatoms. The maximum absolute atomic E-state index is 12.9. The molecule has 25 heavy (non-hydrogen) atoms. The molecule has 0 aromatic carbocycles. The number of rotatable bonds is 3. The Kier molecular flexibility index (Phi) is 4.62. The highest BCUT2D eigenvalue weighted by molar-refractivity contribution is 5.82. The van der Waals surface area contributed by atoms with Crippen molar-refractivity contribution in [2.45, 2.75) is 24.9 Å². The van der Waals surface area contributed by atoms with Crippen molar-refractivity contribution in [2.24, 2.45) is 0 Å². The number of amides is 1. The molecule has 132 valence electrons. The minimum absolute atomic E-state index is 0.0343. The molecule has 4 rings (SSSR count). The Morgan fingerprint density at radius 3 is 2.92 bits per heavy atom. The smallest absolute Gasteiger partial charge is 0.241 e. The highest BCUT2D eigenvalue weighted by Gasteiger charge is 2.34. The summed E-state index contributed by atoms with van der Waals surface area (Å²) in [6, 6.07) is 7.45. The molecule has 0 bridgehead atoms. The number of anilines is 1. The molecule has 2 aliphatic heterocycles. The quantitative estimate of drug-likeness (QED) is 0.850. The van der Waals surface area contributed by atoms with Crippen LogP contribution < -0.4 is 15.8 Å². The molecule has 2 unspecified atom stereocenters. The van der Waals surface area contributed by atoms with E-state index in [-0.39, 0.29) is 18.0 Å². The van der Waals surface area contributed by atoms with E-state index in [2.05, 4.69) is 25.9 Å². The number of carbonyl (C=O) groups is 1. The maximum atomic E-state index is 12.9. The predicted octanol–water partition coefficient (Wildman–Crippen LogP) is 0.716. The van der Waals surface area contributed by atoms with Crippen molar-refractivity contribution in [1.82, 2.24) is 25.9 Å². The number of aromatic nitrogens is 2. The average Bonchev–Trinajstić information content (AvgIpc) is 3.29. The zero-order valence-corrected chi connectivity index (χ0v) is 14.0. The second-order valence-electron chi connectivity index (χ2n) is 6.39. The second kappa shape index (κ2) is 7.20. The molecule has 8 nitrogen and oxygen atoms in total. The summed E-state index contributed by atoms with van der Waals surface area (Å²) >= 11 is 0. The Hall–Kier alpha value is -2.45. The fourth-order valence-electron chi connectivity index (χ4n) is 3.44. The molecule has 2 fully saturated rings. The Balaban J connectivity index is 1.35. The van der Waals surface area contributed by atoms with Crippen LogP contribution in [0, 0.1) is 0 Å². The third-order valence-electron chi connectivity index (χ3n) is 4.78. The molecule has 0 saturated carbocycles. The third kappa shape index (κ3) is 3.49. The fourth-order valence-corrected chi connectivity index (χ4v) is 3.44. The van der Waals surface area contributed by atoms with Crippen molar-refractivity contribution in [3.05, 3.63) is 42.5 Å². The van der Waals surface area contributed by atoms with E-state index in [1.54, 1.807) is 12.5 Å². The van der Waals surface area contributed by atoms with E-state index in [1.807, 2.05) is 29.2 Å². The first-order valence-corrected chi connectivity index (χ1v) is 8.67. The Labute approximate surface area is 146 Å². The van der Waals surface area contributed by atoms with E-state index in [0.717, 1.165) is 37.6 Å². The first-order chi connectivity index (χ1) is 12.3. The van der Waals surface area contributed by atoms with Gasteiger partial charge in [0.1, 0.15) is 11.8 Å². The van der Waals surface area contributed by atoms with E-state index in [1.165, 1.54) is 0 Å². The highest BCUT2D eigenvalue weighted by Crippen LogP contribution is 2.23. The van der Waals surface area contributed by atoms with Crippen LogP contribution in [0.3, 0.4) is 0 Å². The van der Waals surface area contributed by atoms with E-state index >= 15 is 0 Å². The summed E-state index contributed by atoms with van der Waals surface area (Å²) in [5, 5.41) is 8.11. The number of hydrogen-bond donors (Lipinski definition) is 2. The van der Waals surface area contributed by atoms with Gasteiger partial charge in [-0.2, -0.15) is 5.10 Å². The minimum atomic E-state index is -0.224. The van der Waals surface area contributed by atoms with E-state index in [9.17, 15) is 4.79 Å². The first kappa shape index (κ1) is 16.0. The van der Waals surface area contributed by atoms with Gasteiger partial charge in [0.15, 0.2) is 5.82 Å². The van der Waals surface area contributed by atoms with Crippen molar-refractivity contribution in [3.63, 3.8) is 0 Å². The van der Waals surface area contributed by atoms with Crippen LogP contribution in [0.2, 0.25) is 0 Å². The fraction of sp³-hybridized carbons (Fsp3) is 0.471. The zero-order valence-electron chi connectivity index (χ0n) is 14.0. The summed E-state index contributed by atoms with van der Waals surface area (Å²) < 4.78 is 5.43. The molecule has 2 saturated heterocycles. The number of hydrogen-bond acceptors (Lipinski definition) is 7. The van der Waals surface area contributed by atoms with Crippen LogP contribution in [0.5, 0.6) is 0 Å². The highest BCUT2D eigenvalue weighted by atomic mass is 16.3. The molecule has 4 heterocycles. The Bertz CT molecular complexity index is 692. The van der Waals surface area contributed by atoms with Crippen LogP contribution in [-0.2, 0) is 4.79 Å². The summed E-state index contributed by atoms with van der Waals surface area (Å²) in [7, 11) is 0. The van der Waals surface area contributed by atoms with Gasteiger partial charge in [-0.3, -0.25) is 4.79 Å². The standard InChI is InChI=1S/C17H22N6O2/c24-17(14-12-13(19-20-14)15-4-2-11-25-15)23-8-3-7-22(9-10-23)16-5-1-6-18-21-16/h1-2,4-6,11,13-14,19-20H,3,7-10,12H2. The summed E-state index contributed by atoms with van der Waals surface area (Å²) in [6.07, 6.45) is 4.94. The Morgan fingerprint density at radius 1 is 1.16 bits per heavy atom. The molecule has 0 aliphatic carbocycles. The molecule has 1 amide bonds. The number of furan rings is 1. The molecule has 0 radical (unpaired) electrons. The summed E-state index contributed by atoms with van der Waals surface area (Å²) in [5.74, 6) is 1.87. The van der Waals surface area contributed by atoms with Crippen molar-refractivity contribution in [1.29, 1.82) is 0 Å². The van der Waals surface area contributed by atoms with Gasteiger partial charge in [0, 0.05) is 32.4 Å². The van der Waals surface area contributed by atoms with Crippen LogP contribution in [0.4, 0.5) is 5.82 Å². The van der Waals surface area contributed by atoms with Gasteiger partial charge in [-0.1, -0.05) is 0 Å². The second-order valence-corrected chi connectivity index (χ2v) is 6.39. The van der Waals surface area contributed by atoms with Gasteiger partial charge in [0.05, 0.1) is 12.3 Å². The average molecular weight is 342 g/mol. The van der Waals surface area contributed by atoms with Crippen LogP contribution in [0.1, 0.15) is 24.6 Å². The SMILES string of the molecule is O=C(C1CC(c2ccco2)NN1)N1CCCN(c2cccnn2)CC1. The largest absolute Gasteiger partial charge is 0.468 e. The van der Waals surface area contributed by atoms with Gasteiger partial charge in [-0.25, -0.2) is 10.9 Å². The van der Waals surface area contributed by atoms with Gasteiger partial charge in [-0.05, 0) is 37.1 Å². The molecule has 2 aliphatic rings. The predicted molar refractivity (Wildman–Crippen MR) is 91.6 cm³/mol. The van der Waals surface area contributed by atoms with Crippen molar-refractivity contribution in [2.75, 3.05) is 31.1 Å². The van der Waals surface area contributed by atoms with Crippen LogP contribution in [0.25, 0.3) is 0 Å². The van der Waals surface area contributed by atoms with Gasteiger partial charge in [0.2, 0.25) is 5.91 Å². The topological polar surface area (TPSA) is 86.5 Å². The third-order valence-corrected chi connectivity index (χ3v) is 4.78. The minimum Gasteiger partial charge on any atom is -0.468 e. The van der Waals surface area contributed by atoms with Crippen molar-refractivity contribution in [3.8, 4) is 0 Å². The lowest BCUT2D eigenvalue weighted by molar-refractivity contribution is -0.133. The molecule has 0 spiro atoms. The zero-order chi connectivity index (χ0) is 17.1. The van der Waals surface area contributed by atoms with E-state index < -0.39 is 0 Å². The van der Waals surface area contributed by atoms with E-state index in [4.69, 9.17) is 4.42 Å². The normalized spacial score (nSPS) is 24.3. The van der Waals surface area contributed by atoms with Crippen molar-refractivity contribution < 1.29 is 9.21 Å². The van der Waals surface area contributed by atoms with Crippen molar-refractivity contribution >= 4 is 11.7 Å². The van der Waals surface area contributed by atoms with Gasteiger partial charge in [-0.15, -0.1) is 5.10 Å². The number of carbonyl (C=O) groups excluding carboxylic acids is 1. The van der Waals surface area contributed by atoms with Crippen LogP contribution >= 0.6 is 0 Å².